The topological polar surface area (TPSA) is 124 Å². The first-order valence-corrected chi connectivity index (χ1v) is 15.5. The van der Waals surface area contributed by atoms with Gasteiger partial charge in [0.05, 0.1) is 11.3 Å². The Balaban J connectivity index is 1.31. The van der Waals surface area contributed by atoms with Gasteiger partial charge in [0, 0.05) is 37.6 Å². The fourth-order valence-electron chi connectivity index (χ4n) is 6.97. The Morgan fingerprint density at radius 1 is 1.15 bits per heavy atom. The molecule has 1 aliphatic heterocycles. The van der Waals surface area contributed by atoms with Crippen molar-refractivity contribution in [3.8, 4) is 11.7 Å². The summed E-state index contributed by atoms with van der Waals surface area (Å²) in [6, 6.07) is 5.15. The van der Waals surface area contributed by atoms with Gasteiger partial charge in [-0.3, -0.25) is 9.48 Å². The van der Waals surface area contributed by atoms with E-state index in [0.29, 0.717) is 41.6 Å². The number of nitrogens with zero attached hydrogens (tertiary/aromatic N) is 6. The molecule has 3 fully saturated rings. The lowest BCUT2D eigenvalue weighted by Gasteiger charge is -2.34. The molecule has 4 atom stereocenters. The predicted octanol–water partition coefficient (Wildman–Crippen LogP) is 3.62. The van der Waals surface area contributed by atoms with Crippen LogP contribution in [0.1, 0.15) is 68.9 Å². The fourth-order valence-corrected chi connectivity index (χ4v) is 8.15. The number of carbonyl (C=O) groups is 1. The molecule has 6 rings (SSSR count). The first-order chi connectivity index (χ1) is 18.9. The highest BCUT2D eigenvalue weighted by molar-refractivity contribution is 7.90. The average molecular weight is 568 g/mol. The number of rotatable bonds is 7. The van der Waals surface area contributed by atoms with Gasteiger partial charge in [-0.15, -0.1) is 5.10 Å². The van der Waals surface area contributed by atoms with Crippen molar-refractivity contribution in [3.05, 3.63) is 41.9 Å². The molecule has 40 heavy (non-hydrogen) atoms. The molecule has 3 aromatic rings. The predicted molar refractivity (Wildman–Crippen MR) is 149 cm³/mol. The summed E-state index contributed by atoms with van der Waals surface area (Å²) in [5, 5.41) is 8.74. The quantitative estimate of drug-likeness (QED) is 0.459. The summed E-state index contributed by atoms with van der Waals surface area (Å²) in [5.74, 6) is 2.54. The largest absolute Gasteiger partial charge is 0.473 e. The summed E-state index contributed by atoms with van der Waals surface area (Å²) in [4.78, 5) is 20.4. The van der Waals surface area contributed by atoms with Crippen LogP contribution in [-0.4, -0.2) is 57.1 Å². The van der Waals surface area contributed by atoms with E-state index in [-0.39, 0.29) is 22.1 Å². The van der Waals surface area contributed by atoms with Crippen LogP contribution in [0.4, 0.5) is 5.82 Å². The zero-order chi connectivity index (χ0) is 28.4. The van der Waals surface area contributed by atoms with Crippen LogP contribution in [0.3, 0.4) is 0 Å². The maximum absolute atomic E-state index is 13.5. The number of aryl methyl sites for hydroxylation is 2. The van der Waals surface area contributed by atoms with Gasteiger partial charge in [-0.25, -0.2) is 22.8 Å². The highest BCUT2D eigenvalue weighted by Crippen LogP contribution is 2.46. The molecule has 1 amide bonds. The summed E-state index contributed by atoms with van der Waals surface area (Å²) in [5.41, 5.74) is 0.216. The third kappa shape index (κ3) is 4.86. The second kappa shape index (κ2) is 9.60. The summed E-state index contributed by atoms with van der Waals surface area (Å²) in [6.45, 7) is 8.66. The van der Waals surface area contributed by atoms with Crippen LogP contribution in [0.15, 0.2) is 35.5 Å². The van der Waals surface area contributed by atoms with Crippen molar-refractivity contribution >= 4 is 21.7 Å². The number of pyridine rings is 1. The molecular formula is C28H37N7O4S. The van der Waals surface area contributed by atoms with Gasteiger partial charge in [0.25, 0.3) is 15.9 Å². The number of hydrogen-bond donors (Lipinski definition) is 1. The lowest BCUT2D eigenvalue weighted by atomic mass is 9.97. The summed E-state index contributed by atoms with van der Waals surface area (Å²) in [6.07, 6.45) is 9.19. The molecule has 214 valence electrons. The Kier molecular flexibility index (Phi) is 6.43. The number of aromatic nitrogens is 5. The lowest BCUT2D eigenvalue weighted by molar-refractivity contribution is 0.0981. The Bertz CT molecular complexity index is 1560. The van der Waals surface area contributed by atoms with Gasteiger partial charge >= 0.3 is 0 Å². The smallest absolute Gasteiger partial charge is 0.268 e. The molecule has 3 aromatic heterocycles. The molecule has 1 N–H and O–H groups in total. The standard InChI is InChI=1S/C28H37N7O4S/c1-17-14-28(3,4)34(15-17)26-21(27(36)32-40(37,38)23-16-33(5)30-18(23)2)8-9-24(29-26)35-11-10-25(31-35)39-22-13-19-6-7-20(22)12-19/h8-11,16-17,19-20,22H,6-7,12-15H2,1-5H3,(H,32,36)/t17-,19+,20-,22-/m0/s1. The number of fused-ring (bicyclic) bond motifs is 2. The number of ether oxygens (including phenoxy) is 1. The molecule has 1 saturated heterocycles. The zero-order valence-electron chi connectivity index (χ0n) is 23.7. The number of hydrogen-bond acceptors (Lipinski definition) is 8. The van der Waals surface area contributed by atoms with E-state index in [4.69, 9.17) is 9.72 Å². The van der Waals surface area contributed by atoms with Crippen LogP contribution >= 0.6 is 0 Å². The third-order valence-electron chi connectivity index (χ3n) is 8.66. The van der Waals surface area contributed by atoms with Crippen molar-refractivity contribution in [2.75, 3.05) is 11.4 Å². The van der Waals surface area contributed by atoms with E-state index in [1.54, 1.807) is 30.8 Å². The molecule has 2 aliphatic carbocycles. The van der Waals surface area contributed by atoms with Gasteiger partial charge in [0.1, 0.15) is 16.8 Å². The molecule has 3 aliphatic rings. The minimum Gasteiger partial charge on any atom is -0.473 e. The summed E-state index contributed by atoms with van der Waals surface area (Å²) >= 11 is 0. The molecule has 4 heterocycles. The molecule has 0 unspecified atom stereocenters. The number of carbonyl (C=O) groups excluding carboxylic acids is 1. The van der Waals surface area contributed by atoms with Crippen LogP contribution in [-0.2, 0) is 17.1 Å². The van der Waals surface area contributed by atoms with Gasteiger partial charge in [0.15, 0.2) is 5.82 Å². The number of nitrogens with one attached hydrogen (secondary N) is 1. The number of sulfonamides is 1. The normalized spacial score (nSPS) is 25.5. The minimum absolute atomic E-state index is 0.0378. The summed E-state index contributed by atoms with van der Waals surface area (Å²) < 4.78 is 37.7. The van der Waals surface area contributed by atoms with Gasteiger partial charge in [-0.2, -0.15) is 5.10 Å². The van der Waals surface area contributed by atoms with E-state index in [2.05, 4.69) is 40.6 Å². The Labute approximate surface area is 235 Å². The first kappa shape index (κ1) is 26.8. The molecular weight excluding hydrogens is 530 g/mol. The number of amides is 1. The van der Waals surface area contributed by atoms with Crippen LogP contribution in [0, 0.1) is 24.7 Å². The Hall–Kier alpha value is -3.41. The minimum atomic E-state index is -4.13. The highest BCUT2D eigenvalue weighted by atomic mass is 32.2. The Morgan fingerprint density at radius 3 is 2.58 bits per heavy atom. The van der Waals surface area contributed by atoms with Gasteiger partial charge < -0.3 is 9.64 Å². The van der Waals surface area contributed by atoms with Gasteiger partial charge in [-0.05, 0) is 82.8 Å². The van der Waals surface area contributed by atoms with E-state index in [0.717, 1.165) is 18.8 Å². The van der Waals surface area contributed by atoms with E-state index in [1.165, 1.54) is 30.1 Å². The van der Waals surface area contributed by atoms with Crippen molar-refractivity contribution in [1.29, 1.82) is 0 Å². The maximum atomic E-state index is 13.5. The van der Waals surface area contributed by atoms with Crippen LogP contribution in [0.2, 0.25) is 0 Å². The van der Waals surface area contributed by atoms with Crippen LogP contribution in [0.5, 0.6) is 5.88 Å². The van der Waals surface area contributed by atoms with E-state index < -0.39 is 15.9 Å². The van der Waals surface area contributed by atoms with E-state index >= 15 is 0 Å². The number of anilines is 1. The Morgan fingerprint density at radius 2 is 1.95 bits per heavy atom. The van der Waals surface area contributed by atoms with Gasteiger partial charge in [-0.1, -0.05) is 6.92 Å². The lowest BCUT2D eigenvalue weighted by Crippen LogP contribution is -2.41. The maximum Gasteiger partial charge on any atom is 0.268 e. The van der Waals surface area contributed by atoms with Gasteiger partial charge in [0.2, 0.25) is 5.88 Å². The van der Waals surface area contributed by atoms with E-state index in [9.17, 15) is 13.2 Å². The van der Waals surface area contributed by atoms with E-state index in [1.807, 2.05) is 12.3 Å². The monoisotopic (exact) mass is 567 g/mol. The molecule has 11 nitrogen and oxygen atoms in total. The van der Waals surface area contributed by atoms with Crippen molar-refractivity contribution in [2.45, 2.75) is 76.3 Å². The van der Waals surface area contributed by atoms with Crippen molar-refractivity contribution < 1.29 is 17.9 Å². The molecule has 0 aromatic carbocycles. The molecule has 0 radical (unpaired) electrons. The highest BCUT2D eigenvalue weighted by Gasteiger charge is 2.42. The molecule has 0 spiro atoms. The second-order valence-electron chi connectivity index (χ2n) is 12.4. The zero-order valence-corrected chi connectivity index (χ0v) is 24.5. The third-order valence-corrected chi connectivity index (χ3v) is 10.1. The average Bonchev–Trinajstić information content (AvgIpc) is 3.69. The van der Waals surface area contributed by atoms with Crippen molar-refractivity contribution in [1.82, 2.24) is 29.3 Å². The SMILES string of the molecule is Cc1nn(C)cc1S(=O)(=O)NC(=O)c1ccc(-n2ccc(O[C@H]3C[C@@H]4CC[C@H]3C4)n2)nc1N1C[C@@H](C)CC1(C)C. The van der Waals surface area contributed by atoms with Crippen LogP contribution in [0.25, 0.3) is 5.82 Å². The molecule has 2 saturated carbocycles. The van der Waals surface area contributed by atoms with Crippen LogP contribution < -0.4 is 14.4 Å². The molecule has 12 heteroatoms. The molecule has 2 bridgehead atoms. The second-order valence-corrected chi connectivity index (χ2v) is 14.0. The fraction of sp³-hybridized carbons (Fsp3) is 0.571. The first-order valence-electron chi connectivity index (χ1n) is 14.0. The summed E-state index contributed by atoms with van der Waals surface area (Å²) in [7, 11) is -2.50. The van der Waals surface area contributed by atoms with Crippen molar-refractivity contribution in [3.63, 3.8) is 0 Å². The van der Waals surface area contributed by atoms with Crippen molar-refractivity contribution in [2.24, 2.45) is 24.8 Å².